The summed E-state index contributed by atoms with van der Waals surface area (Å²) in [5.41, 5.74) is 4.48. The Bertz CT molecular complexity index is 902. The largest absolute Gasteiger partial charge is 0.325 e. The van der Waals surface area contributed by atoms with Gasteiger partial charge in [0.2, 0.25) is 11.9 Å². The lowest BCUT2D eigenvalue weighted by Gasteiger charge is -2.08. The number of carbonyl (C=O) groups is 1. The summed E-state index contributed by atoms with van der Waals surface area (Å²) >= 11 is 1.43. The van der Waals surface area contributed by atoms with Gasteiger partial charge in [0.25, 0.3) is 0 Å². The number of thiazole rings is 1. The molecule has 7 heteroatoms. The van der Waals surface area contributed by atoms with E-state index in [4.69, 9.17) is 0 Å². The van der Waals surface area contributed by atoms with Crippen LogP contribution in [0.5, 0.6) is 0 Å². The van der Waals surface area contributed by atoms with E-state index in [0.717, 1.165) is 29.1 Å². The van der Waals surface area contributed by atoms with E-state index in [1.54, 1.807) is 0 Å². The molecule has 2 N–H and O–H groups in total. The Labute approximate surface area is 156 Å². The zero-order valence-corrected chi connectivity index (χ0v) is 15.9. The average Bonchev–Trinajstić information content (AvgIpc) is 3.01. The minimum absolute atomic E-state index is 0.0783. The van der Waals surface area contributed by atoms with Crippen molar-refractivity contribution in [1.29, 1.82) is 0 Å². The molecule has 0 aliphatic heterocycles. The molecule has 3 rings (SSSR count). The molecule has 0 aliphatic carbocycles. The number of hydrogen-bond donors (Lipinski definition) is 2. The predicted molar refractivity (Wildman–Crippen MR) is 105 cm³/mol. The summed E-state index contributed by atoms with van der Waals surface area (Å²) in [6, 6.07) is 9.74. The summed E-state index contributed by atoms with van der Waals surface area (Å²) in [5.74, 6) is 0.440. The van der Waals surface area contributed by atoms with Gasteiger partial charge in [-0.05, 0) is 38.0 Å². The Kier molecular flexibility index (Phi) is 5.58. The van der Waals surface area contributed by atoms with Gasteiger partial charge in [-0.25, -0.2) is 15.0 Å². The first-order valence-electron chi connectivity index (χ1n) is 8.45. The molecule has 1 aromatic carbocycles. The lowest BCUT2D eigenvalue weighted by Crippen LogP contribution is -2.15. The van der Waals surface area contributed by atoms with Gasteiger partial charge >= 0.3 is 0 Å². The summed E-state index contributed by atoms with van der Waals surface area (Å²) in [6.45, 7) is 5.91. The van der Waals surface area contributed by atoms with Crippen LogP contribution in [0.3, 0.4) is 0 Å². The average molecular weight is 367 g/mol. The van der Waals surface area contributed by atoms with E-state index < -0.39 is 0 Å². The number of amides is 1. The second kappa shape index (κ2) is 8.05. The van der Waals surface area contributed by atoms with Gasteiger partial charge in [-0.1, -0.05) is 25.1 Å². The predicted octanol–water partition coefficient (Wildman–Crippen LogP) is 4.04. The summed E-state index contributed by atoms with van der Waals surface area (Å²) in [4.78, 5) is 25.5. The highest BCUT2D eigenvalue weighted by atomic mass is 32.1. The second-order valence-electron chi connectivity index (χ2n) is 5.98. The summed E-state index contributed by atoms with van der Waals surface area (Å²) in [5, 5.41) is 8.61. The van der Waals surface area contributed by atoms with Crippen LogP contribution < -0.4 is 10.6 Å². The number of aromatic nitrogens is 3. The van der Waals surface area contributed by atoms with Crippen molar-refractivity contribution in [3.05, 3.63) is 58.4 Å². The fourth-order valence-electron chi connectivity index (χ4n) is 2.63. The minimum Gasteiger partial charge on any atom is -0.325 e. The van der Waals surface area contributed by atoms with Gasteiger partial charge in [-0.3, -0.25) is 4.79 Å². The lowest BCUT2D eigenvalue weighted by molar-refractivity contribution is -0.115. The molecule has 3 aromatic rings. The molecule has 26 heavy (non-hydrogen) atoms. The first-order valence-corrected chi connectivity index (χ1v) is 9.33. The van der Waals surface area contributed by atoms with E-state index in [2.05, 4.69) is 32.5 Å². The molecule has 2 aromatic heterocycles. The molecule has 0 unspecified atom stereocenters. The molecule has 134 valence electrons. The first-order chi connectivity index (χ1) is 12.5. The van der Waals surface area contributed by atoms with Crippen LogP contribution in [-0.4, -0.2) is 20.9 Å². The SMILES string of the molecule is CCc1ccccc1NC(=O)Cc1csc(Nc2nc(C)cc(C)n2)n1. The third kappa shape index (κ3) is 4.64. The van der Waals surface area contributed by atoms with Crippen molar-refractivity contribution < 1.29 is 4.79 Å². The van der Waals surface area contributed by atoms with Gasteiger partial charge in [0.05, 0.1) is 12.1 Å². The second-order valence-corrected chi connectivity index (χ2v) is 6.84. The molecule has 2 heterocycles. The van der Waals surface area contributed by atoms with E-state index in [1.807, 2.05) is 49.6 Å². The molecule has 0 radical (unpaired) electrons. The Morgan fingerprint density at radius 3 is 2.58 bits per heavy atom. The number of nitrogens with zero attached hydrogens (tertiary/aromatic N) is 3. The highest BCUT2D eigenvalue weighted by Crippen LogP contribution is 2.20. The van der Waals surface area contributed by atoms with Crippen LogP contribution >= 0.6 is 11.3 Å². The van der Waals surface area contributed by atoms with Crippen LogP contribution in [0, 0.1) is 13.8 Å². The molecule has 1 amide bonds. The van der Waals surface area contributed by atoms with Crippen molar-refractivity contribution in [2.45, 2.75) is 33.6 Å². The molecule has 0 saturated carbocycles. The summed E-state index contributed by atoms with van der Waals surface area (Å²) < 4.78 is 0. The zero-order valence-electron chi connectivity index (χ0n) is 15.0. The standard InChI is InChI=1S/C19H21N5OS/c1-4-14-7-5-6-8-16(14)23-17(25)10-15-11-26-19(22-15)24-18-20-12(2)9-13(3)21-18/h5-9,11H,4,10H2,1-3H3,(H,23,25)(H,20,21,22,24). The van der Waals surface area contributed by atoms with Gasteiger partial charge in [-0.15, -0.1) is 11.3 Å². The lowest BCUT2D eigenvalue weighted by atomic mass is 10.1. The number of anilines is 3. The quantitative estimate of drug-likeness (QED) is 0.687. The molecule has 6 nitrogen and oxygen atoms in total. The van der Waals surface area contributed by atoms with Crippen LogP contribution in [-0.2, 0) is 17.6 Å². The number of nitrogens with one attached hydrogen (secondary N) is 2. The van der Waals surface area contributed by atoms with Crippen molar-refractivity contribution in [2.24, 2.45) is 0 Å². The minimum atomic E-state index is -0.0783. The van der Waals surface area contributed by atoms with E-state index >= 15 is 0 Å². The molecular formula is C19H21N5OS. The van der Waals surface area contributed by atoms with Crippen molar-refractivity contribution in [2.75, 3.05) is 10.6 Å². The van der Waals surface area contributed by atoms with E-state index in [-0.39, 0.29) is 12.3 Å². The third-order valence-corrected chi connectivity index (χ3v) is 4.57. The Hall–Kier alpha value is -2.80. The molecule has 0 atom stereocenters. The number of benzene rings is 1. The number of carbonyl (C=O) groups excluding carboxylic acids is 1. The third-order valence-electron chi connectivity index (χ3n) is 3.77. The highest BCUT2D eigenvalue weighted by Gasteiger charge is 2.11. The topological polar surface area (TPSA) is 79.8 Å². The van der Waals surface area contributed by atoms with Gasteiger partial charge < -0.3 is 10.6 Å². The van der Waals surface area contributed by atoms with Crippen LogP contribution in [0.2, 0.25) is 0 Å². The molecule has 0 bridgehead atoms. The number of hydrogen-bond acceptors (Lipinski definition) is 6. The monoisotopic (exact) mass is 367 g/mol. The van der Waals surface area contributed by atoms with Crippen LogP contribution in [0.15, 0.2) is 35.7 Å². The van der Waals surface area contributed by atoms with E-state index in [1.165, 1.54) is 11.3 Å². The van der Waals surface area contributed by atoms with Gasteiger partial charge in [0.15, 0.2) is 5.13 Å². The van der Waals surface area contributed by atoms with Crippen molar-refractivity contribution in [3.63, 3.8) is 0 Å². The highest BCUT2D eigenvalue weighted by molar-refractivity contribution is 7.13. The summed E-state index contributed by atoms with van der Waals surface area (Å²) in [7, 11) is 0. The number of para-hydroxylation sites is 1. The van der Waals surface area contributed by atoms with Gasteiger partial charge in [-0.2, -0.15) is 0 Å². The van der Waals surface area contributed by atoms with Crippen molar-refractivity contribution in [1.82, 2.24) is 15.0 Å². The maximum absolute atomic E-state index is 12.3. The Morgan fingerprint density at radius 2 is 1.85 bits per heavy atom. The number of aryl methyl sites for hydroxylation is 3. The maximum atomic E-state index is 12.3. The Balaban J connectivity index is 1.63. The van der Waals surface area contributed by atoms with Crippen molar-refractivity contribution in [3.8, 4) is 0 Å². The van der Waals surface area contributed by atoms with E-state index in [0.29, 0.717) is 16.8 Å². The van der Waals surface area contributed by atoms with Crippen molar-refractivity contribution >= 4 is 34.0 Å². The first kappa shape index (κ1) is 18.0. The van der Waals surface area contributed by atoms with Gasteiger partial charge in [0, 0.05) is 22.5 Å². The van der Waals surface area contributed by atoms with Gasteiger partial charge in [0.1, 0.15) is 0 Å². The maximum Gasteiger partial charge on any atom is 0.230 e. The van der Waals surface area contributed by atoms with Crippen LogP contribution in [0.1, 0.15) is 29.6 Å². The molecular weight excluding hydrogens is 346 g/mol. The van der Waals surface area contributed by atoms with Crippen LogP contribution in [0.4, 0.5) is 16.8 Å². The molecule has 0 spiro atoms. The fraction of sp³-hybridized carbons (Fsp3) is 0.263. The summed E-state index contributed by atoms with van der Waals surface area (Å²) in [6.07, 6.45) is 1.10. The Morgan fingerprint density at radius 1 is 1.12 bits per heavy atom. The van der Waals surface area contributed by atoms with Crippen LogP contribution in [0.25, 0.3) is 0 Å². The molecule has 0 fully saturated rings. The molecule has 0 saturated heterocycles. The zero-order chi connectivity index (χ0) is 18.5. The number of rotatable bonds is 6. The fourth-order valence-corrected chi connectivity index (χ4v) is 3.34. The smallest absolute Gasteiger partial charge is 0.230 e. The van der Waals surface area contributed by atoms with E-state index in [9.17, 15) is 4.79 Å². The normalized spacial score (nSPS) is 10.6. The molecule has 0 aliphatic rings.